The molecule has 2 N–H and O–H groups in total. The van der Waals surface area contributed by atoms with E-state index < -0.39 is 23.5 Å². The maximum Gasteiger partial charge on any atom is 0.326 e. The number of carboxylic acid groups (broad SMARTS) is 1. The zero-order valence-corrected chi connectivity index (χ0v) is 14.2. The van der Waals surface area contributed by atoms with Gasteiger partial charge in [-0.1, -0.05) is 13.8 Å². The lowest BCUT2D eigenvalue weighted by atomic mass is 10.0. The predicted molar refractivity (Wildman–Crippen MR) is 87.2 cm³/mol. The fourth-order valence-corrected chi connectivity index (χ4v) is 3.19. The van der Waals surface area contributed by atoms with Gasteiger partial charge in [-0.3, -0.25) is 14.0 Å². The van der Waals surface area contributed by atoms with E-state index in [4.69, 9.17) is 0 Å². The molecule has 0 spiro atoms. The van der Waals surface area contributed by atoms with Gasteiger partial charge in [0.05, 0.1) is 0 Å². The number of aromatic nitrogens is 2. The number of amides is 1. The van der Waals surface area contributed by atoms with Gasteiger partial charge in [-0.05, 0) is 26.2 Å². The predicted octanol–water partition coefficient (Wildman–Crippen LogP) is 1.60. The standard InChI is InChI=1S/C15H19N3O4S/c1-7(2)5-11(14(21)22)17-12(19)10-6-16-15-18(13(10)20)8(3)9(4)23-15/h6-7,11H,5H2,1-4H3,(H,17,19)(H,21,22)/t11-/m1/s1. The lowest BCUT2D eigenvalue weighted by molar-refractivity contribution is -0.139. The second kappa shape index (κ2) is 6.49. The quantitative estimate of drug-likeness (QED) is 0.863. The topological polar surface area (TPSA) is 101 Å². The zero-order chi connectivity index (χ0) is 17.3. The van der Waals surface area contributed by atoms with Crippen molar-refractivity contribution >= 4 is 28.2 Å². The summed E-state index contributed by atoms with van der Waals surface area (Å²) < 4.78 is 1.38. The van der Waals surface area contributed by atoms with Crippen LogP contribution in [0.2, 0.25) is 0 Å². The Morgan fingerprint density at radius 1 is 1.39 bits per heavy atom. The Morgan fingerprint density at radius 3 is 2.61 bits per heavy atom. The van der Waals surface area contributed by atoms with E-state index in [9.17, 15) is 19.5 Å². The third-order valence-corrected chi connectivity index (χ3v) is 4.65. The maximum atomic E-state index is 12.5. The van der Waals surface area contributed by atoms with Crippen molar-refractivity contribution in [3.05, 3.63) is 32.7 Å². The molecule has 124 valence electrons. The molecule has 2 aromatic heterocycles. The molecular weight excluding hydrogens is 318 g/mol. The third-order valence-electron chi connectivity index (χ3n) is 3.57. The number of aliphatic carboxylic acids is 1. The molecule has 0 bridgehead atoms. The summed E-state index contributed by atoms with van der Waals surface area (Å²) in [5, 5.41) is 11.6. The van der Waals surface area contributed by atoms with Crippen LogP contribution in [0.25, 0.3) is 4.96 Å². The average molecular weight is 337 g/mol. The van der Waals surface area contributed by atoms with Gasteiger partial charge in [0.15, 0.2) is 4.96 Å². The number of hydrogen-bond donors (Lipinski definition) is 2. The highest BCUT2D eigenvalue weighted by molar-refractivity contribution is 7.17. The van der Waals surface area contributed by atoms with Crippen LogP contribution in [0.1, 0.15) is 41.2 Å². The fourth-order valence-electron chi connectivity index (χ4n) is 2.26. The Morgan fingerprint density at radius 2 is 2.04 bits per heavy atom. The zero-order valence-electron chi connectivity index (χ0n) is 13.4. The smallest absolute Gasteiger partial charge is 0.326 e. The van der Waals surface area contributed by atoms with Crippen molar-refractivity contribution in [2.45, 2.75) is 40.2 Å². The van der Waals surface area contributed by atoms with Gasteiger partial charge in [0, 0.05) is 16.8 Å². The molecular formula is C15H19N3O4S. The van der Waals surface area contributed by atoms with Gasteiger partial charge in [-0.2, -0.15) is 0 Å². The summed E-state index contributed by atoms with van der Waals surface area (Å²) in [6.45, 7) is 7.38. The van der Waals surface area contributed by atoms with Crippen molar-refractivity contribution in [1.29, 1.82) is 0 Å². The Hall–Kier alpha value is -2.22. The van der Waals surface area contributed by atoms with Gasteiger partial charge < -0.3 is 10.4 Å². The van der Waals surface area contributed by atoms with Crippen LogP contribution in [0.15, 0.2) is 11.0 Å². The molecule has 0 unspecified atom stereocenters. The molecule has 0 aliphatic carbocycles. The highest BCUT2D eigenvalue weighted by Gasteiger charge is 2.24. The van der Waals surface area contributed by atoms with E-state index in [0.29, 0.717) is 4.96 Å². The van der Waals surface area contributed by atoms with Crippen LogP contribution in [0.4, 0.5) is 0 Å². The minimum absolute atomic E-state index is 0.0971. The Kier molecular flexibility index (Phi) is 4.84. The number of aryl methyl sites for hydroxylation is 2. The molecule has 8 heteroatoms. The molecule has 0 radical (unpaired) electrons. The molecule has 0 aliphatic rings. The van der Waals surface area contributed by atoms with Crippen LogP contribution < -0.4 is 10.9 Å². The monoisotopic (exact) mass is 337 g/mol. The van der Waals surface area contributed by atoms with Gasteiger partial charge in [0.1, 0.15) is 11.6 Å². The number of carboxylic acids is 1. The number of nitrogens with one attached hydrogen (secondary N) is 1. The molecule has 23 heavy (non-hydrogen) atoms. The molecule has 0 aromatic carbocycles. The van der Waals surface area contributed by atoms with E-state index in [1.54, 1.807) is 6.92 Å². The summed E-state index contributed by atoms with van der Waals surface area (Å²) in [5.74, 6) is -1.74. The van der Waals surface area contributed by atoms with Crippen LogP contribution in [-0.2, 0) is 4.79 Å². The number of fused-ring (bicyclic) bond motifs is 1. The first-order valence-corrected chi connectivity index (χ1v) is 8.05. The molecule has 1 atom stereocenters. The molecule has 2 aromatic rings. The van der Waals surface area contributed by atoms with Gasteiger partial charge in [-0.15, -0.1) is 11.3 Å². The van der Waals surface area contributed by atoms with Gasteiger partial charge in [0.25, 0.3) is 11.5 Å². The molecule has 0 aliphatic heterocycles. The SMILES string of the molecule is Cc1sc2ncc(C(=O)N[C@H](CC(C)C)C(=O)O)c(=O)n2c1C. The molecule has 0 saturated heterocycles. The summed E-state index contributed by atoms with van der Waals surface area (Å²) in [6.07, 6.45) is 1.49. The van der Waals surface area contributed by atoms with Crippen LogP contribution >= 0.6 is 11.3 Å². The normalized spacial score (nSPS) is 12.6. The van der Waals surface area contributed by atoms with E-state index in [2.05, 4.69) is 10.3 Å². The Labute approximate surface area is 137 Å². The maximum absolute atomic E-state index is 12.5. The van der Waals surface area contributed by atoms with Crippen LogP contribution in [-0.4, -0.2) is 32.4 Å². The lowest BCUT2D eigenvalue weighted by Gasteiger charge is -2.16. The van der Waals surface area contributed by atoms with Crippen molar-refractivity contribution in [3.63, 3.8) is 0 Å². The highest BCUT2D eigenvalue weighted by atomic mass is 32.1. The van der Waals surface area contributed by atoms with Crippen molar-refractivity contribution in [1.82, 2.24) is 14.7 Å². The van der Waals surface area contributed by atoms with Crippen LogP contribution in [0.3, 0.4) is 0 Å². The number of carbonyl (C=O) groups excluding carboxylic acids is 1. The largest absolute Gasteiger partial charge is 0.480 e. The molecule has 2 rings (SSSR count). The highest BCUT2D eigenvalue weighted by Crippen LogP contribution is 2.18. The first-order chi connectivity index (χ1) is 10.7. The molecule has 2 heterocycles. The van der Waals surface area contributed by atoms with E-state index in [1.807, 2.05) is 20.8 Å². The van der Waals surface area contributed by atoms with E-state index in [-0.39, 0.29) is 17.9 Å². The van der Waals surface area contributed by atoms with Gasteiger partial charge in [0.2, 0.25) is 0 Å². The number of hydrogen-bond acceptors (Lipinski definition) is 5. The fraction of sp³-hybridized carbons (Fsp3) is 0.467. The summed E-state index contributed by atoms with van der Waals surface area (Å²) in [7, 11) is 0. The molecule has 0 saturated carbocycles. The Bertz CT molecular complexity index is 822. The minimum atomic E-state index is -1.12. The van der Waals surface area contributed by atoms with Crippen molar-refractivity contribution < 1.29 is 14.7 Å². The molecule has 7 nitrogen and oxygen atoms in total. The first-order valence-electron chi connectivity index (χ1n) is 7.23. The number of carbonyl (C=O) groups is 2. The number of nitrogens with zero attached hydrogens (tertiary/aromatic N) is 2. The van der Waals surface area contributed by atoms with E-state index >= 15 is 0 Å². The third kappa shape index (κ3) is 3.42. The number of rotatable bonds is 5. The van der Waals surface area contributed by atoms with E-state index in [1.165, 1.54) is 21.9 Å². The average Bonchev–Trinajstić information content (AvgIpc) is 2.73. The van der Waals surface area contributed by atoms with Crippen molar-refractivity contribution in [3.8, 4) is 0 Å². The first kappa shape index (κ1) is 17.1. The van der Waals surface area contributed by atoms with Crippen molar-refractivity contribution in [2.24, 2.45) is 5.92 Å². The van der Waals surface area contributed by atoms with Crippen LogP contribution in [0.5, 0.6) is 0 Å². The molecule has 1 amide bonds. The van der Waals surface area contributed by atoms with Crippen LogP contribution in [0, 0.1) is 19.8 Å². The lowest BCUT2D eigenvalue weighted by Crippen LogP contribution is -2.43. The van der Waals surface area contributed by atoms with E-state index in [0.717, 1.165) is 10.6 Å². The second-order valence-electron chi connectivity index (χ2n) is 5.83. The minimum Gasteiger partial charge on any atom is -0.480 e. The summed E-state index contributed by atoms with van der Waals surface area (Å²) in [5.41, 5.74) is 0.0931. The Balaban J connectivity index is 2.38. The summed E-state index contributed by atoms with van der Waals surface area (Å²) in [6, 6.07) is -1.03. The number of thiazole rings is 1. The van der Waals surface area contributed by atoms with Gasteiger partial charge >= 0.3 is 5.97 Å². The van der Waals surface area contributed by atoms with Crippen molar-refractivity contribution in [2.75, 3.05) is 0 Å². The van der Waals surface area contributed by atoms with Gasteiger partial charge in [-0.25, -0.2) is 9.78 Å². The summed E-state index contributed by atoms with van der Waals surface area (Å²) in [4.78, 5) is 41.6. The molecule has 0 fully saturated rings. The second-order valence-corrected chi connectivity index (χ2v) is 7.01. The summed E-state index contributed by atoms with van der Waals surface area (Å²) >= 11 is 1.37.